The highest BCUT2D eigenvalue weighted by molar-refractivity contribution is 6.16. The molecule has 32 heavy (non-hydrogen) atoms. The van der Waals surface area contributed by atoms with Crippen LogP contribution in [-0.4, -0.2) is 28.4 Å². The molecule has 0 N–H and O–H groups in total. The maximum Gasteiger partial charge on any atom is 0.161 e. The zero-order valence-corrected chi connectivity index (χ0v) is 20.1. The van der Waals surface area contributed by atoms with Gasteiger partial charge in [-0.05, 0) is 76.7 Å². The number of fused-ring (bicyclic) bond motifs is 3. The lowest BCUT2D eigenvalue weighted by Crippen LogP contribution is -1.97. The Balaban J connectivity index is 2.45. The first kappa shape index (κ1) is 23.5. The quantitative estimate of drug-likeness (QED) is 0.242. The number of methoxy groups -OCH3 is 4. The van der Waals surface area contributed by atoms with E-state index in [9.17, 15) is 0 Å². The summed E-state index contributed by atoms with van der Waals surface area (Å²) in [6.45, 7) is 8.58. The fraction of sp³-hybridized carbons (Fsp3) is 0.357. The summed E-state index contributed by atoms with van der Waals surface area (Å²) >= 11 is 0. The molecule has 3 rings (SSSR count). The topological polar surface area (TPSA) is 36.9 Å². The summed E-state index contributed by atoms with van der Waals surface area (Å²) in [5, 5.41) is 4.27. The van der Waals surface area contributed by atoms with E-state index < -0.39 is 0 Å². The number of unbranched alkanes of at least 4 members (excludes halogenated alkanes) is 2. The van der Waals surface area contributed by atoms with Crippen LogP contribution < -0.4 is 18.9 Å². The molecular weight excluding hydrogens is 400 g/mol. The van der Waals surface area contributed by atoms with Gasteiger partial charge in [0.05, 0.1) is 28.4 Å². The van der Waals surface area contributed by atoms with Crippen LogP contribution in [0.15, 0.2) is 36.4 Å². The van der Waals surface area contributed by atoms with Crippen molar-refractivity contribution in [2.45, 2.75) is 39.5 Å². The molecule has 3 aromatic rings. The molecule has 0 fully saturated rings. The molecule has 0 atom stereocenters. The van der Waals surface area contributed by atoms with Crippen LogP contribution in [0.25, 0.3) is 33.7 Å². The zero-order chi connectivity index (χ0) is 23.3. The van der Waals surface area contributed by atoms with E-state index in [1.165, 1.54) is 24.8 Å². The second-order valence-corrected chi connectivity index (χ2v) is 7.98. The number of benzene rings is 3. The van der Waals surface area contributed by atoms with Gasteiger partial charge in [-0.2, -0.15) is 0 Å². The van der Waals surface area contributed by atoms with Crippen molar-refractivity contribution in [1.29, 1.82) is 0 Å². The maximum absolute atomic E-state index is 5.63. The second kappa shape index (κ2) is 10.4. The Kier molecular flexibility index (Phi) is 7.68. The molecule has 0 amide bonds. The molecule has 0 saturated carbocycles. The van der Waals surface area contributed by atoms with E-state index in [4.69, 9.17) is 18.9 Å². The highest BCUT2D eigenvalue weighted by Gasteiger charge is 2.18. The van der Waals surface area contributed by atoms with Gasteiger partial charge in [0, 0.05) is 0 Å². The van der Waals surface area contributed by atoms with E-state index in [1.54, 1.807) is 28.4 Å². The van der Waals surface area contributed by atoms with Crippen molar-refractivity contribution in [2.75, 3.05) is 28.4 Å². The third kappa shape index (κ3) is 4.40. The SMILES string of the molecule is C=Cc1c(/C=C(\C)CCCCC)c2cc(OC)c(OC)cc2c2cc(OC)c(OC)cc12. The van der Waals surface area contributed by atoms with Crippen LogP contribution >= 0.6 is 0 Å². The van der Waals surface area contributed by atoms with Crippen LogP contribution in [0.4, 0.5) is 0 Å². The van der Waals surface area contributed by atoms with Crippen molar-refractivity contribution >= 4 is 33.7 Å². The summed E-state index contributed by atoms with van der Waals surface area (Å²) in [5.41, 5.74) is 3.54. The van der Waals surface area contributed by atoms with E-state index in [0.717, 1.165) is 39.1 Å². The fourth-order valence-corrected chi connectivity index (χ4v) is 4.29. The van der Waals surface area contributed by atoms with Crippen molar-refractivity contribution in [1.82, 2.24) is 0 Å². The van der Waals surface area contributed by atoms with Crippen LogP contribution in [0.3, 0.4) is 0 Å². The van der Waals surface area contributed by atoms with Gasteiger partial charge in [-0.15, -0.1) is 0 Å². The number of hydrogen-bond acceptors (Lipinski definition) is 4. The van der Waals surface area contributed by atoms with Gasteiger partial charge in [0.1, 0.15) is 0 Å². The van der Waals surface area contributed by atoms with Crippen LogP contribution in [-0.2, 0) is 0 Å². The third-order valence-electron chi connectivity index (χ3n) is 5.98. The Morgan fingerprint density at radius 1 is 0.719 bits per heavy atom. The summed E-state index contributed by atoms with van der Waals surface area (Å²) in [5.74, 6) is 2.77. The Morgan fingerprint density at radius 2 is 1.16 bits per heavy atom. The smallest absolute Gasteiger partial charge is 0.161 e. The molecule has 0 spiro atoms. The largest absolute Gasteiger partial charge is 0.493 e. The summed E-state index contributed by atoms with van der Waals surface area (Å²) in [6.07, 6.45) is 8.93. The monoisotopic (exact) mass is 434 g/mol. The van der Waals surface area contributed by atoms with Crippen LogP contribution in [0, 0.1) is 0 Å². The number of rotatable bonds is 10. The van der Waals surface area contributed by atoms with E-state index in [0.29, 0.717) is 23.0 Å². The minimum absolute atomic E-state index is 0.685. The number of ether oxygens (including phenoxy) is 4. The van der Waals surface area contributed by atoms with Gasteiger partial charge in [0.15, 0.2) is 23.0 Å². The molecule has 0 saturated heterocycles. The van der Waals surface area contributed by atoms with Crippen molar-refractivity contribution < 1.29 is 18.9 Å². The van der Waals surface area contributed by atoms with Crippen molar-refractivity contribution in [3.8, 4) is 23.0 Å². The lowest BCUT2D eigenvalue weighted by molar-refractivity contribution is 0.355. The Morgan fingerprint density at radius 3 is 1.56 bits per heavy atom. The van der Waals surface area contributed by atoms with Gasteiger partial charge in [0.25, 0.3) is 0 Å². The molecule has 0 aliphatic heterocycles. The van der Waals surface area contributed by atoms with Gasteiger partial charge in [-0.1, -0.05) is 44.1 Å². The highest BCUT2D eigenvalue weighted by Crippen LogP contribution is 2.44. The minimum atomic E-state index is 0.685. The van der Waals surface area contributed by atoms with Crippen LogP contribution in [0.2, 0.25) is 0 Å². The summed E-state index contributed by atoms with van der Waals surface area (Å²) in [6, 6.07) is 8.16. The molecule has 0 aliphatic carbocycles. The van der Waals surface area contributed by atoms with Crippen molar-refractivity contribution in [2.24, 2.45) is 0 Å². The van der Waals surface area contributed by atoms with Gasteiger partial charge >= 0.3 is 0 Å². The average Bonchev–Trinajstić information content (AvgIpc) is 2.82. The minimum Gasteiger partial charge on any atom is -0.493 e. The molecule has 4 nitrogen and oxygen atoms in total. The lowest BCUT2D eigenvalue weighted by Gasteiger charge is -2.18. The Bertz CT molecular complexity index is 1160. The van der Waals surface area contributed by atoms with Gasteiger partial charge in [-0.3, -0.25) is 0 Å². The van der Waals surface area contributed by atoms with E-state index in [2.05, 4.69) is 32.6 Å². The fourth-order valence-electron chi connectivity index (χ4n) is 4.29. The lowest BCUT2D eigenvalue weighted by atomic mass is 9.89. The van der Waals surface area contributed by atoms with E-state index in [-0.39, 0.29) is 0 Å². The molecule has 0 heterocycles. The highest BCUT2D eigenvalue weighted by atomic mass is 16.5. The number of hydrogen-bond donors (Lipinski definition) is 0. The van der Waals surface area contributed by atoms with Gasteiger partial charge < -0.3 is 18.9 Å². The molecule has 0 radical (unpaired) electrons. The molecular formula is C28H34O4. The summed E-state index contributed by atoms with van der Waals surface area (Å²) in [4.78, 5) is 0. The molecule has 170 valence electrons. The summed E-state index contributed by atoms with van der Waals surface area (Å²) in [7, 11) is 6.64. The van der Waals surface area contributed by atoms with Crippen molar-refractivity contribution in [3.05, 3.63) is 47.5 Å². The maximum atomic E-state index is 5.63. The first-order chi connectivity index (χ1) is 15.5. The first-order valence-corrected chi connectivity index (χ1v) is 11.1. The van der Waals surface area contributed by atoms with Crippen LogP contribution in [0.5, 0.6) is 23.0 Å². The average molecular weight is 435 g/mol. The standard InChI is InChI=1S/C28H34O4/c1-8-10-11-12-18(3)13-20-19(9-2)21-14-25(29-4)27(31-6)16-23(21)24-17-28(32-7)26(30-5)15-22(20)24/h9,13-17H,2,8,10-12H2,1,3-7H3/b18-13+. The molecule has 4 heteroatoms. The molecule has 0 unspecified atom stereocenters. The zero-order valence-electron chi connectivity index (χ0n) is 20.1. The van der Waals surface area contributed by atoms with Gasteiger partial charge in [-0.25, -0.2) is 0 Å². The molecule has 0 aromatic heterocycles. The first-order valence-electron chi connectivity index (χ1n) is 11.1. The Hall–Kier alpha value is -3.14. The predicted octanol–water partition coefficient (Wildman–Crippen LogP) is 7.65. The normalized spacial score (nSPS) is 11.6. The summed E-state index contributed by atoms with van der Waals surface area (Å²) < 4.78 is 22.5. The second-order valence-electron chi connectivity index (χ2n) is 7.98. The predicted molar refractivity (Wildman–Crippen MR) is 136 cm³/mol. The van der Waals surface area contributed by atoms with E-state index >= 15 is 0 Å². The van der Waals surface area contributed by atoms with Crippen molar-refractivity contribution in [3.63, 3.8) is 0 Å². The number of allylic oxidation sites excluding steroid dienone is 1. The molecule has 0 bridgehead atoms. The Labute approximate surface area is 191 Å². The van der Waals surface area contributed by atoms with Crippen LogP contribution in [0.1, 0.15) is 50.7 Å². The third-order valence-corrected chi connectivity index (χ3v) is 5.98. The van der Waals surface area contributed by atoms with Gasteiger partial charge in [0.2, 0.25) is 0 Å². The molecule has 3 aromatic carbocycles. The molecule has 0 aliphatic rings. The van der Waals surface area contributed by atoms with E-state index in [1.807, 2.05) is 24.3 Å².